The molecule has 0 amide bonds. The molecule has 160 valence electrons. The summed E-state index contributed by atoms with van der Waals surface area (Å²) in [5.74, 6) is 0. The third-order valence-electron chi connectivity index (χ3n) is 3.61. The zero-order chi connectivity index (χ0) is 23.7. The molecule has 1 heteroatoms. The van der Waals surface area contributed by atoms with Crippen molar-refractivity contribution < 1.29 is 0 Å². The quantitative estimate of drug-likeness (QED) is 0.300. The van der Waals surface area contributed by atoms with Gasteiger partial charge in [0, 0.05) is 6.08 Å². The van der Waals surface area contributed by atoms with Gasteiger partial charge in [-0.1, -0.05) is 160 Å². The molecule has 0 aliphatic heterocycles. The number of hydrogen-bond donors (Lipinski definition) is 0. The third kappa shape index (κ3) is 16.5. The molecule has 3 rings (SSSR count). The van der Waals surface area contributed by atoms with Crippen molar-refractivity contribution in [2.45, 2.75) is 0 Å². The predicted molar refractivity (Wildman–Crippen MR) is 144 cm³/mol. The Hall–Kier alpha value is -4.41. The van der Waals surface area contributed by atoms with Gasteiger partial charge in [0.2, 0.25) is 0 Å². The Morgan fingerprint density at radius 1 is 0.531 bits per heavy atom. The van der Waals surface area contributed by atoms with Gasteiger partial charge in [0.1, 0.15) is 0 Å². The zero-order valence-corrected chi connectivity index (χ0v) is 18.6. The average Bonchev–Trinajstić information content (AvgIpc) is 2.89. The molecule has 0 saturated heterocycles. The van der Waals surface area contributed by atoms with Crippen LogP contribution in [0.25, 0.3) is 18.2 Å². The van der Waals surface area contributed by atoms with Gasteiger partial charge in [-0.2, -0.15) is 5.26 Å². The van der Waals surface area contributed by atoms with Crippen molar-refractivity contribution in [1.29, 1.82) is 5.26 Å². The van der Waals surface area contributed by atoms with Crippen molar-refractivity contribution in [3.05, 3.63) is 164 Å². The third-order valence-corrected chi connectivity index (χ3v) is 3.61. The molecule has 0 N–H and O–H groups in total. The van der Waals surface area contributed by atoms with Crippen molar-refractivity contribution in [3.63, 3.8) is 0 Å². The van der Waals surface area contributed by atoms with E-state index < -0.39 is 0 Å². The standard InChI is InChI=1S/C11H9N.2C8H8.C4H6/c12-10-6-2-5-9-11-7-3-1-4-8-11;2*1-2-8-6-4-3-5-7-8;1-3-4-2/h1-9H;2*2-7H,1H2;3-4H,1-2H2. The number of nitriles is 1. The Balaban J connectivity index is 0.000000426. The summed E-state index contributed by atoms with van der Waals surface area (Å²) in [6.45, 7) is 14.0. The van der Waals surface area contributed by atoms with E-state index in [9.17, 15) is 0 Å². The molecule has 3 aromatic rings. The Morgan fingerprint density at radius 2 is 0.906 bits per heavy atom. The molecule has 0 atom stereocenters. The van der Waals surface area contributed by atoms with Crippen molar-refractivity contribution >= 4 is 18.2 Å². The fourth-order valence-corrected chi connectivity index (χ4v) is 2.01. The van der Waals surface area contributed by atoms with Gasteiger partial charge in [-0.15, -0.1) is 0 Å². The first-order valence-electron chi connectivity index (χ1n) is 10.1. The van der Waals surface area contributed by atoms with Crippen LogP contribution in [-0.2, 0) is 0 Å². The van der Waals surface area contributed by atoms with Crippen LogP contribution in [-0.4, -0.2) is 0 Å². The maximum atomic E-state index is 8.19. The number of benzene rings is 3. The summed E-state index contributed by atoms with van der Waals surface area (Å²) >= 11 is 0. The highest BCUT2D eigenvalue weighted by molar-refractivity contribution is 5.50. The summed E-state index contributed by atoms with van der Waals surface area (Å²) < 4.78 is 0. The molecule has 0 saturated carbocycles. The van der Waals surface area contributed by atoms with E-state index in [4.69, 9.17) is 5.26 Å². The fourth-order valence-electron chi connectivity index (χ4n) is 2.01. The first-order chi connectivity index (χ1) is 15.7. The molecule has 0 radical (unpaired) electrons. The second-order valence-electron chi connectivity index (χ2n) is 5.96. The molecular weight excluding hydrogens is 386 g/mol. The van der Waals surface area contributed by atoms with Crippen LogP contribution in [0.1, 0.15) is 16.7 Å². The van der Waals surface area contributed by atoms with Crippen molar-refractivity contribution in [2.24, 2.45) is 0 Å². The molecule has 0 bridgehead atoms. The molecule has 0 unspecified atom stereocenters. The van der Waals surface area contributed by atoms with Gasteiger partial charge >= 0.3 is 0 Å². The normalized spacial score (nSPS) is 8.84. The predicted octanol–water partition coefficient (Wildman–Crippen LogP) is 8.80. The van der Waals surface area contributed by atoms with Gasteiger partial charge in [0.25, 0.3) is 0 Å². The van der Waals surface area contributed by atoms with Crippen molar-refractivity contribution in [1.82, 2.24) is 0 Å². The second-order valence-corrected chi connectivity index (χ2v) is 5.96. The first kappa shape index (κ1) is 27.6. The Kier molecular flexibility index (Phi) is 18.4. The number of hydrogen-bond acceptors (Lipinski definition) is 1. The SMILES string of the molecule is C=CC=C.C=Cc1ccccc1.C=Cc1ccccc1.N#CC=CC=Cc1ccccc1. The molecule has 1 nitrogen and oxygen atoms in total. The second kappa shape index (κ2) is 21.3. The number of rotatable bonds is 5. The van der Waals surface area contributed by atoms with E-state index in [0.717, 1.165) is 5.56 Å². The van der Waals surface area contributed by atoms with Crippen LogP contribution in [0.5, 0.6) is 0 Å². The summed E-state index contributed by atoms with van der Waals surface area (Å²) in [5, 5.41) is 8.19. The summed E-state index contributed by atoms with van der Waals surface area (Å²) in [7, 11) is 0. The highest BCUT2D eigenvalue weighted by Crippen LogP contribution is 2.00. The minimum absolute atomic E-state index is 1.14. The van der Waals surface area contributed by atoms with E-state index in [-0.39, 0.29) is 0 Å². The van der Waals surface area contributed by atoms with E-state index in [1.165, 1.54) is 17.2 Å². The zero-order valence-electron chi connectivity index (χ0n) is 18.6. The Morgan fingerprint density at radius 3 is 1.19 bits per heavy atom. The summed E-state index contributed by atoms with van der Waals surface area (Å²) in [5.41, 5.74) is 3.49. The van der Waals surface area contributed by atoms with Gasteiger partial charge < -0.3 is 0 Å². The monoisotopic (exact) mass is 417 g/mol. The summed E-state index contributed by atoms with van der Waals surface area (Å²) in [4.78, 5) is 0. The molecule has 0 spiro atoms. The number of allylic oxidation sites excluding steroid dienone is 5. The molecule has 0 heterocycles. The number of nitrogens with zero attached hydrogens (tertiary/aromatic N) is 1. The Labute approximate surface area is 194 Å². The van der Waals surface area contributed by atoms with Gasteiger partial charge in [-0.25, -0.2) is 0 Å². The van der Waals surface area contributed by atoms with Gasteiger partial charge in [-0.3, -0.25) is 0 Å². The molecule has 3 aromatic carbocycles. The van der Waals surface area contributed by atoms with E-state index in [0.29, 0.717) is 0 Å². The minimum atomic E-state index is 1.14. The molecule has 0 aliphatic rings. The van der Waals surface area contributed by atoms with Crippen LogP contribution in [0.2, 0.25) is 0 Å². The van der Waals surface area contributed by atoms with Gasteiger partial charge in [0.15, 0.2) is 0 Å². The topological polar surface area (TPSA) is 23.8 Å². The van der Waals surface area contributed by atoms with E-state index in [1.807, 2.05) is 121 Å². The summed E-state index contributed by atoms with van der Waals surface area (Å²) in [6.07, 6.45) is 13.9. The lowest BCUT2D eigenvalue weighted by Crippen LogP contribution is -1.66. The molecular formula is C31H31N. The van der Waals surface area contributed by atoms with Crippen molar-refractivity contribution in [2.75, 3.05) is 0 Å². The van der Waals surface area contributed by atoms with Crippen LogP contribution >= 0.6 is 0 Å². The molecule has 0 fully saturated rings. The smallest absolute Gasteiger partial charge is 0.0912 e. The lowest BCUT2D eigenvalue weighted by atomic mass is 10.2. The van der Waals surface area contributed by atoms with Crippen LogP contribution in [0.15, 0.2) is 148 Å². The van der Waals surface area contributed by atoms with Crippen LogP contribution < -0.4 is 0 Å². The van der Waals surface area contributed by atoms with E-state index >= 15 is 0 Å². The largest absolute Gasteiger partial charge is 0.193 e. The Bertz CT molecular complexity index is 923. The van der Waals surface area contributed by atoms with E-state index in [2.05, 4.69) is 26.3 Å². The maximum absolute atomic E-state index is 8.19. The maximum Gasteiger partial charge on any atom is 0.0912 e. The lowest BCUT2D eigenvalue weighted by Gasteiger charge is -1.87. The van der Waals surface area contributed by atoms with Gasteiger partial charge in [0.05, 0.1) is 6.07 Å². The van der Waals surface area contributed by atoms with Gasteiger partial charge in [-0.05, 0) is 16.7 Å². The van der Waals surface area contributed by atoms with Crippen LogP contribution in [0.4, 0.5) is 0 Å². The van der Waals surface area contributed by atoms with Crippen LogP contribution in [0.3, 0.4) is 0 Å². The lowest BCUT2D eigenvalue weighted by molar-refractivity contribution is 1.53. The average molecular weight is 418 g/mol. The fraction of sp³-hybridized carbons (Fsp3) is 0. The van der Waals surface area contributed by atoms with Crippen LogP contribution in [0, 0.1) is 11.3 Å². The summed E-state index contributed by atoms with van der Waals surface area (Å²) in [6, 6.07) is 31.9. The molecule has 0 aliphatic carbocycles. The first-order valence-corrected chi connectivity index (χ1v) is 10.1. The minimum Gasteiger partial charge on any atom is -0.193 e. The highest BCUT2D eigenvalue weighted by atomic mass is 14.2. The van der Waals surface area contributed by atoms with Crippen molar-refractivity contribution in [3.8, 4) is 6.07 Å². The molecule has 32 heavy (non-hydrogen) atoms. The molecule has 0 aromatic heterocycles. The highest BCUT2D eigenvalue weighted by Gasteiger charge is 1.79. The van der Waals surface area contributed by atoms with E-state index in [1.54, 1.807) is 18.2 Å².